The van der Waals surface area contributed by atoms with Crippen molar-refractivity contribution in [3.63, 3.8) is 0 Å². The highest BCUT2D eigenvalue weighted by Crippen LogP contribution is 2.35. The summed E-state index contributed by atoms with van der Waals surface area (Å²) in [5, 5.41) is 2.41. The first kappa shape index (κ1) is 21.0. The first-order valence-corrected chi connectivity index (χ1v) is 8.71. The maximum absolute atomic E-state index is 13.2. The van der Waals surface area contributed by atoms with Crippen LogP contribution in [0.2, 0.25) is 0 Å². The number of H-pyrrole nitrogens is 1. The summed E-state index contributed by atoms with van der Waals surface area (Å²) in [5.74, 6) is 0.00627. The minimum Gasteiger partial charge on any atom is -0.497 e. The van der Waals surface area contributed by atoms with Gasteiger partial charge < -0.3 is 19.8 Å². The quantitative estimate of drug-likeness (QED) is 0.626. The van der Waals surface area contributed by atoms with E-state index in [4.69, 9.17) is 9.47 Å². The number of hydrogen-bond donors (Lipinski definition) is 2. The van der Waals surface area contributed by atoms with Gasteiger partial charge in [0, 0.05) is 18.0 Å². The van der Waals surface area contributed by atoms with Crippen LogP contribution in [0.5, 0.6) is 17.2 Å². The second kappa shape index (κ2) is 8.32. The standard InChI is InChI=1S/C21H17F3N2O4/c1-12-9-15(29-2)4-6-17(12)30-18-5-3-13(21(22,23)24)10-16(18)20(28)26-14-7-8-25-19(27)11-14/h3-11H,1-2H3,(H2,25,26,27,28). The number of carbonyl (C=O) groups excluding carboxylic acids is 1. The van der Waals surface area contributed by atoms with Crippen LogP contribution in [0.1, 0.15) is 21.5 Å². The predicted octanol–water partition coefficient (Wildman–Crippen LogP) is 4.76. The maximum atomic E-state index is 13.2. The Labute approximate surface area is 169 Å². The number of halogens is 3. The predicted molar refractivity (Wildman–Crippen MR) is 104 cm³/mol. The molecule has 0 saturated heterocycles. The number of nitrogens with one attached hydrogen (secondary N) is 2. The number of benzene rings is 2. The Morgan fingerprint density at radius 1 is 1.03 bits per heavy atom. The molecule has 1 heterocycles. The third-order valence-corrected chi connectivity index (χ3v) is 4.19. The number of hydrogen-bond acceptors (Lipinski definition) is 4. The average molecular weight is 418 g/mol. The number of anilines is 1. The van der Waals surface area contributed by atoms with E-state index >= 15 is 0 Å². The van der Waals surface area contributed by atoms with Gasteiger partial charge in [0.25, 0.3) is 5.91 Å². The molecule has 0 radical (unpaired) electrons. The number of carbonyl (C=O) groups is 1. The van der Waals surface area contributed by atoms with Crippen molar-refractivity contribution in [3.8, 4) is 17.2 Å². The Balaban J connectivity index is 2.00. The number of alkyl halides is 3. The van der Waals surface area contributed by atoms with Gasteiger partial charge in [0.05, 0.1) is 18.2 Å². The number of ether oxygens (including phenoxy) is 2. The lowest BCUT2D eigenvalue weighted by Gasteiger charge is -2.16. The highest BCUT2D eigenvalue weighted by atomic mass is 19.4. The molecule has 3 aromatic rings. The van der Waals surface area contributed by atoms with Gasteiger partial charge in [-0.3, -0.25) is 9.59 Å². The molecule has 2 aromatic carbocycles. The highest BCUT2D eigenvalue weighted by molar-refractivity contribution is 6.06. The molecule has 2 N–H and O–H groups in total. The molecule has 0 aliphatic rings. The smallest absolute Gasteiger partial charge is 0.416 e. The van der Waals surface area contributed by atoms with Gasteiger partial charge in [0.2, 0.25) is 5.56 Å². The van der Waals surface area contributed by atoms with E-state index in [9.17, 15) is 22.8 Å². The number of methoxy groups -OCH3 is 1. The Hall–Kier alpha value is -3.75. The lowest BCUT2D eigenvalue weighted by molar-refractivity contribution is -0.137. The van der Waals surface area contributed by atoms with E-state index in [2.05, 4.69) is 10.3 Å². The fourth-order valence-electron chi connectivity index (χ4n) is 2.68. The van der Waals surface area contributed by atoms with Crippen molar-refractivity contribution < 1.29 is 27.4 Å². The van der Waals surface area contributed by atoms with Gasteiger partial charge >= 0.3 is 6.18 Å². The zero-order valence-electron chi connectivity index (χ0n) is 16.0. The summed E-state index contributed by atoms with van der Waals surface area (Å²) in [6.45, 7) is 1.73. The average Bonchev–Trinajstić information content (AvgIpc) is 2.68. The van der Waals surface area contributed by atoms with Crippen molar-refractivity contribution in [3.05, 3.63) is 81.8 Å². The molecule has 1 aromatic heterocycles. The SMILES string of the molecule is COc1ccc(Oc2ccc(C(F)(F)F)cc2C(=O)Nc2cc[nH]c(=O)c2)c(C)c1. The molecule has 6 nitrogen and oxygen atoms in total. The summed E-state index contributed by atoms with van der Waals surface area (Å²) in [7, 11) is 1.50. The fraction of sp³-hybridized carbons (Fsp3) is 0.143. The molecule has 9 heteroatoms. The summed E-state index contributed by atoms with van der Waals surface area (Å²) in [6.07, 6.45) is -3.34. The third kappa shape index (κ3) is 4.80. The van der Waals surface area contributed by atoms with E-state index in [0.29, 0.717) is 23.1 Å². The molecule has 0 bridgehead atoms. The van der Waals surface area contributed by atoms with E-state index in [1.54, 1.807) is 25.1 Å². The molecule has 3 rings (SSSR count). The van der Waals surface area contributed by atoms with Crippen molar-refractivity contribution in [1.29, 1.82) is 0 Å². The molecule has 156 valence electrons. The van der Waals surface area contributed by atoms with Crippen LogP contribution in [-0.4, -0.2) is 18.0 Å². The Kier molecular flexibility index (Phi) is 5.81. The molecule has 0 aliphatic carbocycles. The summed E-state index contributed by atoms with van der Waals surface area (Å²) in [6, 6.07) is 10.0. The van der Waals surface area contributed by atoms with Gasteiger partial charge in [-0.05, 0) is 55.0 Å². The topological polar surface area (TPSA) is 80.4 Å². The van der Waals surface area contributed by atoms with Crippen LogP contribution in [0.25, 0.3) is 0 Å². The molecule has 0 atom stereocenters. The van der Waals surface area contributed by atoms with Crippen LogP contribution in [0, 0.1) is 6.92 Å². The number of amides is 1. The van der Waals surface area contributed by atoms with E-state index in [-0.39, 0.29) is 17.0 Å². The number of aryl methyl sites for hydroxylation is 1. The van der Waals surface area contributed by atoms with E-state index in [1.165, 1.54) is 19.4 Å². The molecular formula is C21H17F3N2O4. The fourth-order valence-corrected chi connectivity index (χ4v) is 2.68. The van der Waals surface area contributed by atoms with E-state index < -0.39 is 23.2 Å². The molecule has 0 fully saturated rings. The van der Waals surface area contributed by atoms with Crippen LogP contribution >= 0.6 is 0 Å². The molecule has 0 spiro atoms. The summed E-state index contributed by atoms with van der Waals surface area (Å²) in [4.78, 5) is 26.5. The maximum Gasteiger partial charge on any atom is 0.416 e. The van der Waals surface area contributed by atoms with Gasteiger partial charge in [-0.1, -0.05) is 0 Å². The van der Waals surface area contributed by atoms with Crippen LogP contribution in [0.4, 0.5) is 18.9 Å². The molecule has 30 heavy (non-hydrogen) atoms. The minimum atomic E-state index is -4.65. The number of aromatic nitrogens is 1. The van der Waals surface area contributed by atoms with Crippen LogP contribution < -0.4 is 20.3 Å². The van der Waals surface area contributed by atoms with Crippen molar-refractivity contribution in [1.82, 2.24) is 4.98 Å². The molecule has 0 saturated carbocycles. The van der Waals surface area contributed by atoms with Crippen LogP contribution in [-0.2, 0) is 6.18 Å². The zero-order chi connectivity index (χ0) is 21.9. The molecule has 1 amide bonds. The largest absolute Gasteiger partial charge is 0.497 e. The normalized spacial score (nSPS) is 11.1. The van der Waals surface area contributed by atoms with E-state index in [0.717, 1.165) is 18.2 Å². The Morgan fingerprint density at radius 2 is 1.77 bits per heavy atom. The summed E-state index contributed by atoms with van der Waals surface area (Å²) >= 11 is 0. The third-order valence-electron chi connectivity index (χ3n) is 4.19. The van der Waals surface area contributed by atoms with Gasteiger partial charge in [-0.2, -0.15) is 13.2 Å². The van der Waals surface area contributed by atoms with Crippen molar-refractivity contribution >= 4 is 11.6 Å². The lowest BCUT2D eigenvalue weighted by atomic mass is 10.1. The van der Waals surface area contributed by atoms with Crippen molar-refractivity contribution in [2.24, 2.45) is 0 Å². The summed E-state index contributed by atoms with van der Waals surface area (Å²) < 4.78 is 50.4. The van der Waals surface area contributed by atoms with Crippen molar-refractivity contribution in [2.75, 3.05) is 12.4 Å². The Morgan fingerprint density at radius 3 is 2.40 bits per heavy atom. The van der Waals surface area contributed by atoms with Gasteiger partial charge in [0.15, 0.2) is 0 Å². The van der Waals surface area contributed by atoms with Crippen LogP contribution in [0.15, 0.2) is 59.5 Å². The van der Waals surface area contributed by atoms with Crippen molar-refractivity contribution in [2.45, 2.75) is 13.1 Å². The first-order chi connectivity index (χ1) is 14.2. The monoisotopic (exact) mass is 418 g/mol. The molecule has 0 unspecified atom stereocenters. The van der Waals surface area contributed by atoms with Gasteiger partial charge in [-0.15, -0.1) is 0 Å². The Bertz CT molecular complexity index is 1140. The highest BCUT2D eigenvalue weighted by Gasteiger charge is 2.32. The molecule has 0 aliphatic heterocycles. The summed E-state index contributed by atoms with van der Waals surface area (Å²) in [5.41, 5.74) is -1.01. The number of aromatic amines is 1. The molecular weight excluding hydrogens is 401 g/mol. The van der Waals surface area contributed by atoms with Gasteiger partial charge in [-0.25, -0.2) is 0 Å². The zero-order valence-corrected chi connectivity index (χ0v) is 16.0. The van der Waals surface area contributed by atoms with Crippen LogP contribution in [0.3, 0.4) is 0 Å². The number of rotatable bonds is 5. The van der Waals surface area contributed by atoms with Gasteiger partial charge in [0.1, 0.15) is 17.2 Å². The second-order valence-corrected chi connectivity index (χ2v) is 6.34. The minimum absolute atomic E-state index is 0.0707. The second-order valence-electron chi connectivity index (χ2n) is 6.34. The first-order valence-electron chi connectivity index (χ1n) is 8.71. The van der Waals surface area contributed by atoms with E-state index in [1.807, 2.05) is 0 Å². The lowest BCUT2D eigenvalue weighted by Crippen LogP contribution is -2.16. The number of pyridine rings is 1.